The molecule has 38 heavy (non-hydrogen) atoms. The monoisotopic (exact) mass is 541 g/mol. The summed E-state index contributed by atoms with van der Waals surface area (Å²) in [5.41, 5.74) is 6.04. The van der Waals surface area contributed by atoms with Gasteiger partial charge in [-0.1, -0.05) is 20.3 Å². The normalized spacial score (nSPS) is 15.6. The second-order valence-electron chi connectivity index (χ2n) is 8.73. The van der Waals surface area contributed by atoms with Gasteiger partial charge in [0, 0.05) is 18.3 Å². The summed E-state index contributed by atoms with van der Waals surface area (Å²) in [6.45, 7) is 3.88. The number of carboxylic acids is 2. The third kappa shape index (κ3) is 10.1. The molecule has 0 radical (unpaired) electrons. The maximum Gasteiger partial charge on any atom is 0.328 e. The number of aromatic amines is 1. The van der Waals surface area contributed by atoms with Gasteiger partial charge in [-0.15, -0.1) is 0 Å². The van der Waals surface area contributed by atoms with Crippen LogP contribution in [0.15, 0.2) is 12.5 Å². The highest BCUT2D eigenvalue weighted by molar-refractivity contribution is 5.95. The number of aliphatic carboxylic acids is 2. The van der Waals surface area contributed by atoms with Gasteiger partial charge in [0.2, 0.25) is 23.6 Å². The first-order valence-corrected chi connectivity index (χ1v) is 11.8. The number of aliphatic hydroxyl groups excluding tert-OH is 1. The van der Waals surface area contributed by atoms with Crippen LogP contribution in [-0.2, 0) is 35.2 Å². The predicted octanol–water partition coefficient (Wildman–Crippen LogP) is -3.16. The van der Waals surface area contributed by atoms with Gasteiger partial charge >= 0.3 is 11.9 Å². The zero-order valence-electron chi connectivity index (χ0n) is 21.3. The molecule has 1 rings (SSSR count). The largest absolute Gasteiger partial charge is 0.481 e. The van der Waals surface area contributed by atoms with Crippen LogP contribution in [0.3, 0.4) is 0 Å². The Hall–Kier alpha value is -4.05. The zero-order valence-corrected chi connectivity index (χ0v) is 21.3. The second kappa shape index (κ2) is 15.3. The van der Waals surface area contributed by atoms with E-state index >= 15 is 0 Å². The van der Waals surface area contributed by atoms with Crippen LogP contribution in [0.25, 0.3) is 0 Å². The molecular weight excluding hydrogens is 506 g/mol. The Labute approximate surface area is 218 Å². The third-order valence-corrected chi connectivity index (χ3v) is 5.69. The van der Waals surface area contributed by atoms with E-state index in [0.717, 1.165) is 0 Å². The summed E-state index contributed by atoms with van der Waals surface area (Å²) in [5.74, 6) is -6.49. The first kappa shape index (κ1) is 32.0. The Balaban J connectivity index is 2.96. The van der Waals surface area contributed by atoms with E-state index in [1.807, 2.05) is 0 Å². The van der Waals surface area contributed by atoms with Crippen LogP contribution in [0.2, 0.25) is 0 Å². The van der Waals surface area contributed by atoms with Crippen molar-refractivity contribution >= 4 is 35.6 Å². The maximum absolute atomic E-state index is 13.0. The van der Waals surface area contributed by atoms with Gasteiger partial charge in [0.25, 0.3) is 0 Å². The molecule has 6 atom stereocenters. The van der Waals surface area contributed by atoms with Crippen molar-refractivity contribution in [1.82, 2.24) is 31.2 Å². The molecule has 16 nitrogen and oxygen atoms in total. The summed E-state index contributed by atoms with van der Waals surface area (Å²) in [4.78, 5) is 79.4. The average molecular weight is 542 g/mol. The SMILES string of the molecule is CC[C@H](C)[C@H](NC(=O)[C@H](C)NC(=O)[C@H](Cc1cnc[nH]1)NC(=O)[C@@H](N)CC(=O)O)C(=O)N[C@@H](CO)C(=O)O. The number of imidazole rings is 1. The molecule has 0 fully saturated rings. The highest BCUT2D eigenvalue weighted by atomic mass is 16.4. The van der Waals surface area contributed by atoms with Gasteiger partial charge in [-0.25, -0.2) is 9.78 Å². The summed E-state index contributed by atoms with van der Waals surface area (Å²) in [6, 6.07) is -6.62. The van der Waals surface area contributed by atoms with Crippen molar-refractivity contribution in [3.63, 3.8) is 0 Å². The number of hydrogen-bond donors (Lipinski definition) is 9. The van der Waals surface area contributed by atoms with Crippen LogP contribution in [0, 0.1) is 5.92 Å². The van der Waals surface area contributed by atoms with Crippen LogP contribution in [-0.4, -0.2) is 97.7 Å². The number of aliphatic hydroxyl groups is 1. The predicted molar refractivity (Wildman–Crippen MR) is 130 cm³/mol. The lowest BCUT2D eigenvalue weighted by Crippen LogP contribution is -2.59. The fraction of sp³-hybridized carbons (Fsp3) is 0.591. The summed E-state index contributed by atoms with van der Waals surface area (Å²) in [7, 11) is 0. The van der Waals surface area contributed by atoms with E-state index in [0.29, 0.717) is 12.1 Å². The number of H-pyrrole nitrogens is 1. The van der Waals surface area contributed by atoms with E-state index in [1.54, 1.807) is 13.8 Å². The average Bonchev–Trinajstić information content (AvgIpc) is 3.36. The van der Waals surface area contributed by atoms with E-state index in [1.165, 1.54) is 19.4 Å². The number of carbonyl (C=O) groups is 6. The van der Waals surface area contributed by atoms with Gasteiger partial charge in [0.15, 0.2) is 0 Å². The number of rotatable bonds is 16. The molecule has 1 aromatic heterocycles. The number of carboxylic acid groups (broad SMARTS) is 2. The molecule has 0 bridgehead atoms. The van der Waals surface area contributed by atoms with E-state index in [4.69, 9.17) is 15.9 Å². The summed E-state index contributed by atoms with van der Waals surface area (Å²) in [6.07, 6.45) is 2.45. The quantitative estimate of drug-likeness (QED) is 0.101. The zero-order chi connectivity index (χ0) is 29.0. The molecule has 0 unspecified atom stereocenters. The van der Waals surface area contributed by atoms with Gasteiger partial charge in [-0.3, -0.25) is 24.0 Å². The Morgan fingerprint density at radius 3 is 2.08 bits per heavy atom. The fourth-order valence-corrected chi connectivity index (χ4v) is 3.19. The molecule has 0 aliphatic heterocycles. The van der Waals surface area contributed by atoms with Crippen molar-refractivity contribution in [3.05, 3.63) is 18.2 Å². The van der Waals surface area contributed by atoms with E-state index in [2.05, 4.69) is 31.2 Å². The third-order valence-electron chi connectivity index (χ3n) is 5.69. The molecule has 212 valence electrons. The van der Waals surface area contributed by atoms with Crippen molar-refractivity contribution in [3.8, 4) is 0 Å². The fourth-order valence-electron chi connectivity index (χ4n) is 3.19. The van der Waals surface area contributed by atoms with Crippen molar-refractivity contribution in [2.24, 2.45) is 11.7 Å². The molecule has 1 heterocycles. The molecule has 1 aromatic rings. The van der Waals surface area contributed by atoms with E-state index in [-0.39, 0.29) is 6.42 Å². The summed E-state index contributed by atoms with van der Waals surface area (Å²) in [5, 5.41) is 36.5. The Bertz CT molecular complexity index is 986. The summed E-state index contributed by atoms with van der Waals surface area (Å²) >= 11 is 0. The molecular formula is C22H35N7O9. The molecule has 0 saturated carbocycles. The Kier molecular flexibility index (Phi) is 12.8. The smallest absolute Gasteiger partial charge is 0.328 e. The Morgan fingerprint density at radius 1 is 0.947 bits per heavy atom. The van der Waals surface area contributed by atoms with Crippen molar-refractivity contribution in [2.75, 3.05) is 6.61 Å². The molecule has 4 amide bonds. The van der Waals surface area contributed by atoms with Crippen molar-refractivity contribution in [1.29, 1.82) is 0 Å². The van der Waals surface area contributed by atoms with Crippen LogP contribution >= 0.6 is 0 Å². The lowest BCUT2D eigenvalue weighted by Gasteiger charge is -2.27. The standard InChI is InChI=1S/C22H35N7O9/c1-4-10(2)17(21(36)28-15(8-30)22(37)38)29-18(33)11(3)26-20(35)14(5-12-7-24-9-25-12)27-19(34)13(23)6-16(31)32/h7,9-11,13-15,17,30H,4-6,8,23H2,1-3H3,(H,24,25)(H,26,35)(H,27,34)(H,28,36)(H,29,33)(H,31,32)(H,37,38)/t10-,11-,13-,14-,15-,17-/m0/s1. The number of amides is 4. The minimum atomic E-state index is -1.57. The number of nitrogens with two attached hydrogens (primary N) is 1. The van der Waals surface area contributed by atoms with Crippen molar-refractivity contribution < 1.29 is 44.1 Å². The molecule has 0 spiro atoms. The molecule has 0 saturated heterocycles. The van der Waals surface area contributed by atoms with Crippen molar-refractivity contribution in [2.45, 2.75) is 70.2 Å². The number of carbonyl (C=O) groups excluding carboxylic acids is 4. The van der Waals surface area contributed by atoms with E-state index in [9.17, 15) is 33.9 Å². The first-order valence-electron chi connectivity index (χ1n) is 11.8. The minimum absolute atomic E-state index is 0.0820. The molecule has 0 aliphatic carbocycles. The molecule has 0 aromatic carbocycles. The van der Waals surface area contributed by atoms with E-state index < -0.39 is 84.7 Å². The molecule has 16 heteroatoms. The van der Waals surface area contributed by atoms with Crippen LogP contribution in [0.4, 0.5) is 0 Å². The Morgan fingerprint density at radius 2 is 1.58 bits per heavy atom. The van der Waals surface area contributed by atoms with Crippen LogP contribution in [0.5, 0.6) is 0 Å². The van der Waals surface area contributed by atoms with Crippen LogP contribution in [0.1, 0.15) is 39.3 Å². The minimum Gasteiger partial charge on any atom is -0.481 e. The van der Waals surface area contributed by atoms with Gasteiger partial charge in [-0.2, -0.15) is 0 Å². The lowest BCUT2D eigenvalue weighted by atomic mass is 9.97. The topological polar surface area (TPSA) is 266 Å². The second-order valence-corrected chi connectivity index (χ2v) is 8.73. The maximum atomic E-state index is 13.0. The number of nitrogens with zero attached hydrogens (tertiary/aromatic N) is 1. The van der Waals surface area contributed by atoms with Gasteiger partial charge in [0.1, 0.15) is 24.2 Å². The van der Waals surface area contributed by atoms with Crippen LogP contribution < -0.4 is 27.0 Å². The highest BCUT2D eigenvalue weighted by Gasteiger charge is 2.32. The number of nitrogens with one attached hydrogen (secondary N) is 5. The lowest BCUT2D eigenvalue weighted by molar-refractivity contribution is -0.143. The molecule has 10 N–H and O–H groups in total. The number of hydrogen-bond acceptors (Lipinski definition) is 9. The highest BCUT2D eigenvalue weighted by Crippen LogP contribution is 2.09. The van der Waals surface area contributed by atoms with Gasteiger partial charge in [-0.05, 0) is 12.8 Å². The van der Waals surface area contributed by atoms with Gasteiger partial charge < -0.3 is 47.3 Å². The number of aromatic nitrogens is 2. The first-order chi connectivity index (χ1) is 17.8. The summed E-state index contributed by atoms with van der Waals surface area (Å²) < 4.78 is 0. The van der Waals surface area contributed by atoms with Gasteiger partial charge in [0.05, 0.1) is 25.4 Å². The molecule has 0 aliphatic rings.